The number of halogens is 2. The fourth-order valence-corrected chi connectivity index (χ4v) is 3.74. The van der Waals surface area contributed by atoms with Crippen LogP contribution >= 0.6 is 0 Å². The van der Waals surface area contributed by atoms with Gasteiger partial charge in [-0.15, -0.1) is 0 Å². The third-order valence-electron chi connectivity index (χ3n) is 5.95. The summed E-state index contributed by atoms with van der Waals surface area (Å²) >= 11 is 0. The van der Waals surface area contributed by atoms with Crippen LogP contribution in [0.2, 0.25) is 0 Å². The molecule has 10 nitrogen and oxygen atoms in total. The molecule has 2 amide bonds. The van der Waals surface area contributed by atoms with Crippen LogP contribution < -0.4 is 32.7 Å². The Kier molecular flexibility index (Phi) is 12.6. The Labute approximate surface area is 254 Å². The van der Waals surface area contributed by atoms with Crippen molar-refractivity contribution in [3.05, 3.63) is 108 Å². The molecule has 4 aromatic carbocycles. The Morgan fingerprint density at radius 1 is 0.614 bits per heavy atom. The molecule has 44 heavy (non-hydrogen) atoms. The highest BCUT2D eigenvalue weighted by atomic mass is 19.1. The van der Waals surface area contributed by atoms with E-state index in [0.29, 0.717) is 49.1 Å². The molecule has 0 aliphatic carbocycles. The molecule has 8 N–H and O–H groups in total. The Morgan fingerprint density at radius 3 is 1.30 bits per heavy atom. The number of rotatable bonds is 10. The van der Waals surface area contributed by atoms with Crippen molar-refractivity contribution >= 4 is 46.3 Å². The number of benzene rings is 4. The summed E-state index contributed by atoms with van der Waals surface area (Å²) in [6.45, 7) is 5.14. The normalized spacial score (nSPS) is 10.1. The van der Waals surface area contributed by atoms with E-state index in [1.54, 1.807) is 74.5 Å². The second-order valence-electron chi connectivity index (χ2n) is 9.26. The first kappa shape index (κ1) is 33.0. The van der Waals surface area contributed by atoms with Crippen molar-refractivity contribution in [2.45, 2.75) is 26.9 Å². The average Bonchev–Trinajstić information content (AvgIpc) is 3.00. The number of carbonyl (C=O) groups is 2. The van der Waals surface area contributed by atoms with E-state index >= 15 is 0 Å². The van der Waals surface area contributed by atoms with Gasteiger partial charge in [0.15, 0.2) is 0 Å². The molecule has 0 radical (unpaired) electrons. The van der Waals surface area contributed by atoms with Gasteiger partial charge in [-0.2, -0.15) is 0 Å². The summed E-state index contributed by atoms with van der Waals surface area (Å²) in [5.74, 6) is -0.523. The van der Waals surface area contributed by atoms with Gasteiger partial charge in [-0.1, -0.05) is 24.3 Å². The van der Waals surface area contributed by atoms with Gasteiger partial charge < -0.3 is 31.6 Å². The molecule has 0 saturated heterocycles. The number of amides is 2. The van der Waals surface area contributed by atoms with E-state index in [-0.39, 0.29) is 11.6 Å². The van der Waals surface area contributed by atoms with Gasteiger partial charge in [0.25, 0.3) is 0 Å². The molecule has 0 aliphatic heterocycles. The first-order valence-electron chi connectivity index (χ1n) is 13.8. The van der Waals surface area contributed by atoms with Gasteiger partial charge in [0.2, 0.25) is 0 Å². The minimum absolute atomic E-state index is 0.262. The number of ether oxygens (including phenoxy) is 2. The summed E-state index contributed by atoms with van der Waals surface area (Å²) < 4.78 is 35.2. The lowest BCUT2D eigenvalue weighted by Crippen LogP contribution is -2.14. The van der Waals surface area contributed by atoms with Gasteiger partial charge in [0.05, 0.1) is 36.0 Å². The summed E-state index contributed by atoms with van der Waals surface area (Å²) in [5, 5.41) is 11.5. The number of nitrogens with one attached hydrogen (secondary N) is 4. The zero-order valence-corrected chi connectivity index (χ0v) is 24.5. The maximum absolute atomic E-state index is 12.8. The molecule has 0 fully saturated rings. The molecular weight excluding hydrogens is 570 g/mol. The third kappa shape index (κ3) is 11.0. The van der Waals surface area contributed by atoms with Gasteiger partial charge in [0, 0.05) is 24.5 Å². The van der Waals surface area contributed by atoms with Crippen LogP contribution in [-0.4, -0.2) is 25.4 Å². The quantitative estimate of drug-likeness (QED) is 0.104. The highest BCUT2D eigenvalue weighted by Crippen LogP contribution is 2.24. The summed E-state index contributed by atoms with van der Waals surface area (Å²) in [6.07, 6.45) is -1.08. The number of nitrogens with two attached hydrogens (primary N) is 2. The van der Waals surface area contributed by atoms with Crippen molar-refractivity contribution in [2.24, 2.45) is 0 Å². The molecule has 12 heteroatoms. The van der Waals surface area contributed by atoms with Crippen LogP contribution in [0.4, 0.5) is 52.5 Å². The number of carbonyl (C=O) groups excluding carboxylic acids is 2. The molecule has 0 unspecified atom stereocenters. The monoisotopic (exact) mass is 606 g/mol. The SMILES string of the molecule is CCOC(=O)Nc1ccc(NCc2ccc(F)cc2)cc1N.CCOC(=O)Nc1ccc(NCc2ccc(F)cc2)cc1N. The Hall–Kier alpha value is -5.52. The van der Waals surface area contributed by atoms with Crippen LogP contribution in [0.3, 0.4) is 0 Å². The molecule has 0 aromatic heterocycles. The molecule has 0 heterocycles. The summed E-state index contributed by atoms with van der Waals surface area (Å²) in [4.78, 5) is 22.7. The zero-order chi connectivity index (χ0) is 31.9. The standard InChI is InChI=1S/2C16H18FN3O2/c2*1-2-22-16(21)20-15-8-7-13(9-14(15)18)19-10-11-3-5-12(17)6-4-11/h2*3-9,19H,2,10,18H2,1H3,(H,20,21). The molecule has 0 spiro atoms. The minimum Gasteiger partial charge on any atom is -0.450 e. The predicted molar refractivity (Wildman–Crippen MR) is 170 cm³/mol. The molecular formula is C32H36F2N6O4. The van der Waals surface area contributed by atoms with Gasteiger partial charge in [-0.25, -0.2) is 18.4 Å². The van der Waals surface area contributed by atoms with E-state index in [0.717, 1.165) is 22.5 Å². The van der Waals surface area contributed by atoms with Crippen molar-refractivity contribution in [2.75, 3.05) is 45.9 Å². The summed E-state index contributed by atoms with van der Waals surface area (Å²) in [7, 11) is 0. The van der Waals surface area contributed by atoms with Crippen molar-refractivity contribution in [3.63, 3.8) is 0 Å². The van der Waals surface area contributed by atoms with Crippen molar-refractivity contribution in [1.29, 1.82) is 0 Å². The van der Waals surface area contributed by atoms with Crippen LogP contribution in [0.15, 0.2) is 84.9 Å². The van der Waals surface area contributed by atoms with Gasteiger partial charge >= 0.3 is 12.2 Å². The van der Waals surface area contributed by atoms with E-state index in [4.69, 9.17) is 20.9 Å². The van der Waals surface area contributed by atoms with E-state index in [1.165, 1.54) is 24.3 Å². The molecule has 4 rings (SSSR count). The molecule has 0 atom stereocenters. The van der Waals surface area contributed by atoms with Crippen molar-refractivity contribution in [3.8, 4) is 0 Å². The molecule has 4 aromatic rings. The topological polar surface area (TPSA) is 153 Å². The van der Waals surface area contributed by atoms with Gasteiger partial charge in [-0.05, 0) is 85.6 Å². The van der Waals surface area contributed by atoms with Crippen LogP contribution in [0, 0.1) is 11.6 Å². The van der Waals surface area contributed by atoms with E-state index in [9.17, 15) is 18.4 Å². The number of hydrogen-bond acceptors (Lipinski definition) is 8. The fourth-order valence-electron chi connectivity index (χ4n) is 3.74. The van der Waals surface area contributed by atoms with Crippen LogP contribution in [0.1, 0.15) is 25.0 Å². The van der Waals surface area contributed by atoms with E-state index in [2.05, 4.69) is 21.3 Å². The van der Waals surface area contributed by atoms with Crippen molar-refractivity contribution in [1.82, 2.24) is 0 Å². The second kappa shape index (κ2) is 16.8. The zero-order valence-electron chi connectivity index (χ0n) is 24.5. The largest absolute Gasteiger partial charge is 0.450 e. The summed E-state index contributed by atoms with van der Waals surface area (Å²) in [5.41, 5.74) is 17.1. The highest BCUT2D eigenvalue weighted by Gasteiger charge is 2.07. The first-order chi connectivity index (χ1) is 21.2. The lowest BCUT2D eigenvalue weighted by molar-refractivity contribution is 0.167. The Balaban J connectivity index is 0.000000240. The number of hydrogen-bond donors (Lipinski definition) is 6. The smallest absolute Gasteiger partial charge is 0.411 e. The van der Waals surface area contributed by atoms with Crippen LogP contribution in [0.25, 0.3) is 0 Å². The third-order valence-corrected chi connectivity index (χ3v) is 5.95. The Morgan fingerprint density at radius 2 is 0.977 bits per heavy atom. The van der Waals surface area contributed by atoms with Crippen molar-refractivity contribution < 1.29 is 27.8 Å². The Bertz CT molecular complexity index is 1400. The number of nitrogen functional groups attached to an aromatic ring is 2. The second-order valence-corrected chi connectivity index (χ2v) is 9.26. The molecule has 0 saturated carbocycles. The first-order valence-corrected chi connectivity index (χ1v) is 13.8. The maximum Gasteiger partial charge on any atom is 0.411 e. The molecule has 0 aliphatic rings. The van der Waals surface area contributed by atoms with Crippen LogP contribution in [0.5, 0.6) is 0 Å². The maximum atomic E-state index is 12.8. The number of anilines is 6. The summed E-state index contributed by atoms with van der Waals surface area (Å²) in [6, 6.07) is 22.9. The van der Waals surface area contributed by atoms with Crippen LogP contribution in [-0.2, 0) is 22.6 Å². The average molecular weight is 607 g/mol. The fraction of sp³-hybridized carbons (Fsp3) is 0.188. The van der Waals surface area contributed by atoms with E-state index < -0.39 is 12.2 Å². The van der Waals surface area contributed by atoms with Gasteiger partial charge in [-0.3, -0.25) is 10.6 Å². The minimum atomic E-state index is -0.541. The predicted octanol–water partition coefficient (Wildman–Crippen LogP) is 7.18. The lowest BCUT2D eigenvalue weighted by Gasteiger charge is -2.11. The lowest BCUT2D eigenvalue weighted by atomic mass is 10.2. The van der Waals surface area contributed by atoms with Gasteiger partial charge in [0.1, 0.15) is 11.6 Å². The van der Waals surface area contributed by atoms with E-state index in [1.807, 2.05) is 0 Å². The molecule has 0 bridgehead atoms. The highest BCUT2D eigenvalue weighted by molar-refractivity contribution is 5.90. The molecule has 232 valence electrons.